The number of cyclic esters (lactones) is 1. The molecule has 2 aromatic carbocycles. The first-order valence-electron chi connectivity index (χ1n) is 15.3. The molecular formula is C35H44O8. The molecule has 0 aliphatic carbocycles. The largest absolute Gasteiger partial charge is 0.487 e. The van der Waals surface area contributed by atoms with Gasteiger partial charge in [0.15, 0.2) is 0 Å². The topological polar surface area (TPSA) is 97.4 Å². The summed E-state index contributed by atoms with van der Waals surface area (Å²) in [5.41, 5.74) is 0.823. The van der Waals surface area contributed by atoms with Gasteiger partial charge in [-0.25, -0.2) is 14.4 Å². The summed E-state index contributed by atoms with van der Waals surface area (Å²) in [6.07, 6.45) is 10.1. The van der Waals surface area contributed by atoms with Gasteiger partial charge in [0, 0.05) is 24.5 Å². The van der Waals surface area contributed by atoms with Crippen molar-refractivity contribution >= 4 is 17.9 Å². The van der Waals surface area contributed by atoms with Crippen LogP contribution in [0.2, 0.25) is 0 Å². The van der Waals surface area contributed by atoms with E-state index in [-0.39, 0.29) is 18.2 Å². The van der Waals surface area contributed by atoms with Crippen LogP contribution in [-0.2, 0) is 19.1 Å². The van der Waals surface area contributed by atoms with Crippen LogP contribution < -0.4 is 14.2 Å². The SMILES string of the molecule is C=CC(=O)OC(CCCC)Oc1ccc(OC(=O)c2ccc(OC(CCCCCCCC)C3CC(=C)C(=O)O3)cc2)cc1. The minimum Gasteiger partial charge on any atom is -0.487 e. The zero-order chi connectivity index (χ0) is 31.0. The Morgan fingerprint density at radius 1 is 0.860 bits per heavy atom. The van der Waals surface area contributed by atoms with Crippen LogP contribution in [0.5, 0.6) is 17.2 Å². The molecule has 43 heavy (non-hydrogen) atoms. The fourth-order valence-electron chi connectivity index (χ4n) is 4.68. The van der Waals surface area contributed by atoms with Crippen LogP contribution in [0.1, 0.15) is 94.8 Å². The third-order valence-corrected chi connectivity index (χ3v) is 7.14. The van der Waals surface area contributed by atoms with Crippen molar-refractivity contribution in [3.63, 3.8) is 0 Å². The van der Waals surface area contributed by atoms with Crippen molar-refractivity contribution in [3.05, 3.63) is 78.9 Å². The lowest BCUT2D eigenvalue weighted by Gasteiger charge is -2.24. The molecule has 3 unspecified atom stereocenters. The average molecular weight is 593 g/mol. The minimum absolute atomic E-state index is 0.297. The maximum absolute atomic E-state index is 12.8. The van der Waals surface area contributed by atoms with Gasteiger partial charge in [-0.1, -0.05) is 65.5 Å². The van der Waals surface area contributed by atoms with E-state index in [1.165, 1.54) is 25.7 Å². The summed E-state index contributed by atoms with van der Waals surface area (Å²) in [5, 5.41) is 0. The van der Waals surface area contributed by atoms with Crippen molar-refractivity contribution in [2.45, 2.75) is 103 Å². The zero-order valence-electron chi connectivity index (χ0n) is 25.4. The first-order valence-corrected chi connectivity index (χ1v) is 15.3. The molecule has 0 saturated carbocycles. The van der Waals surface area contributed by atoms with Crippen LogP contribution in [0.25, 0.3) is 0 Å². The van der Waals surface area contributed by atoms with Gasteiger partial charge in [-0.05, 0) is 67.8 Å². The van der Waals surface area contributed by atoms with E-state index in [1.54, 1.807) is 48.5 Å². The lowest BCUT2D eigenvalue weighted by Crippen LogP contribution is -2.31. The first kappa shape index (κ1) is 33.4. The van der Waals surface area contributed by atoms with Gasteiger partial charge in [-0.2, -0.15) is 0 Å². The maximum atomic E-state index is 12.8. The Bertz CT molecular complexity index is 1190. The third-order valence-electron chi connectivity index (χ3n) is 7.14. The number of esters is 3. The molecule has 0 radical (unpaired) electrons. The smallest absolute Gasteiger partial charge is 0.343 e. The summed E-state index contributed by atoms with van der Waals surface area (Å²) in [6.45, 7) is 11.5. The fourth-order valence-corrected chi connectivity index (χ4v) is 4.68. The molecule has 1 aliphatic rings. The molecule has 1 heterocycles. The summed E-state index contributed by atoms with van der Waals surface area (Å²) in [6, 6.07) is 13.2. The molecule has 0 N–H and O–H groups in total. The van der Waals surface area contributed by atoms with E-state index in [4.69, 9.17) is 23.7 Å². The minimum atomic E-state index is -0.732. The second-order valence-electron chi connectivity index (χ2n) is 10.7. The molecule has 1 fully saturated rings. The van der Waals surface area contributed by atoms with Gasteiger partial charge in [-0.3, -0.25) is 0 Å². The van der Waals surface area contributed by atoms with E-state index in [0.717, 1.165) is 38.2 Å². The molecule has 0 aromatic heterocycles. The molecule has 1 aliphatic heterocycles. The normalized spacial score (nSPS) is 15.7. The highest BCUT2D eigenvalue weighted by atomic mass is 16.7. The summed E-state index contributed by atoms with van der Waals surface area (Å²) in [7, 11) is 0. The van der Waals surface area contributed by atoms with Gasteiger partial charge < -0.3 is 23.7 Å². The Hall–Kier alpha value is -4.07. The monoisotopic (exact) mass is 592 g/mol. The highest BCUT2D eigenvalue weighted by Gasteiger charge is 2.35. The number of carbonyl (C=O) groups excluding carboxylic acids is 3. The molecule has 3 rings (SSSR count). The predicted octanol–water partition coefficient (Wildman–Crippen LogP) is 7.90. The van der Waals surface area contributed by atoms with E-state index < -0.39 is 18.2 Å². The summed E-state index contributed by atoms with van der Waals surface area (Å²) in [4.78, 5) is 36.4. The number of rotatable bonds is 19. The Labute approximate surface area is 255 Å². The van der Waals surface area contributed by atoms with Crippen LogP contribution >= 0.6 is 0 Å². The lowest BCUT2D eigenvalue weighted by molar-refractivity contribution is -0.158. The third kappa shape index (κ3) is 11.3. The fraction of sp³-hybridized carbons (Fsp3) is 0.457. The van der Waals surface area contributed by atoms with Crippen molar-refractivity contribution in [1.82, 2.24) is 0 Å². The Morgan fingerprint density at radius 3 is 2.09 bits per heavy atom. The Kier molecular flexibility index (Phi) is 13.8. The van der Waals surface area contributed by atoms with Crippen LogP contribution in [0.4, 0.5) is 0 Å². The van der Waals surface area contributed by atoms with Crippen LogP contribution in [0.15, 0.2) is 73.3 Å². The number of ether oxygens (including phenoxy) is 5. The molecule has 0 bridgehead atoms. The summed E-state index contributed by atoms with van der Waals surface area (Å²) >= 11 is 0. The number of benzene rings is 2. The highest BCUT2D eigenvalue weighted by molar-refractivity contribution is 5.91. The second-order valence-corrected chi connectivity index (χ2v) is 10.7. The van der Waals surface area contributed by atoms with E-state index in [1.807, 2.05) is 6.92 Å². The number of hydrogen-bond donors (Lipinski definition) is 0. The molecule has 2 aromatic rings. The molecule has 0 amide bonds. The lowest BCUT2D eigenvalue weighted by atomic mass is 10.0. The number of hydrogen-bond acceptors (Lipinski definition) is 8. The maximum Gasteiger partial charge on any atom is 0.343 e. The van der Waals surface area contributed by atoms with Gasteiger partial charge in [0.25, 0.3) is 0 Å². The van der Waals surface area contributed by atoms with E-state index >= 15 is 0 Å². The van der Waals surface area contributed by atoms with Gasteiger partial charge >= 0.3 is 17.9 Å². The van der Waals surface area contributed by atoms with E-state index in [0.29, 0.717) is 41.2 Å². The standard InChI is InChI=1S/C35H44O8/c1-5-8-10-11-12-13-14-30(31-24-25(4)34(37)42-31)39-27-18-16-26(17-19-27)35(38)41-29-22-20-28(21-23-29)40-33(15-9-6-2)43-32(36)7-3/h7,16-23,30-31,33H,3-6,8-15,24H2,1-2H3. The van der Waals surface area contributed by atoms with Crippen molar-refractivity contribution in [2.24, 2.45) is 0 Å². The van der Waals surface area contributed by atoms with Gasteiger partial charge in [0.05, 0.1) is 5.56 Å². The zero-order valence-corrected chi connectivity index (χ0v) is 25.4. The van der Waals surface area contributed by atoms with Crippen LogP contribution in [0.3, 0.4) is 0 Å². The molecule has 1 saturated heterocycles. The Balaban J connectivity index is 1.56. The van der Waals surface area contributed by atoms with E-state index in [2.05, 4.69) is 20.1 Å². The molecular weight excluding hydrogens is 548 g/mol. The highest BCUT2D eigenvalue weighted by Crippen LogP contribution is 2.28. The molecule has 3 atom stereocenters. The second kappa shape index (κ2) is 17.8. The van der Waals surface area contributed by atoms with Crippen molar-refractivity contribution < 1.29 is 38.1 Å². The first-order chi connectivity index (χ1) is 20.8. The van der Waals surface area contributed by atoms with Gasteiger partial charge in [0.2, 0.25) is 6.29 Å². The number of unbranched alkanes of at least 4 members (excludes halogenated alkanes) is 6. The number of carbonyl (C=O) groups is 3. The molecule has 8 heteroatoms. The summed E-state index contributed by atoms with van der Waals surface area (Å²) < 4.78 is 28.4. The van der Waals surface area contributed by atoms with Crippen LogP contribution in [-0.4, -0.2) is 36.4 Å². The summed E-state index contributed by atoms with van der Waals surface area (Å²) in [5.74, 6) is -0.0432. The van der Waals surface area contributed by atoms with Gasteiger partial charge in [0.1, 0.15) is 29.5 Å². The predicted molar refractivity (Wildman–Crippen MR) is 164 cm³/mol. The van der Waals surface area contributed by atoms with Crippen molar-refractivity contribution in [2.75, 3.05) is 0 Å². The van der Waals surface area contributed by atoms with Crippen LogP contribution in [0, 0.1) is 0 Å². The average Bonchev–Trinajstić information content (AvgIpc) is 3.35. The quantitative estimate of drug-likeness (QED) is 0.0534. The van der Waals surface area contributed by atoms with E-state index in [9.17, 15) is 14.4 Å². The van der Waals surface area contributed by atoms with Gasteiger partial charge in [-0.15, -0.1) is 0 Å². The van der Waals surface area contributed by atoms with Crippen molar-refractivity contribution in [3.8, 4) is 17.2 Å². The Morgan fingerprint density at radius 2 is 1.47 bits per heavy atom. The van der Waals surface area contributed by atoms with Crippen molar-refractivity contribution in [1.29, 1.82) is 0 Å². The molecule has 8 nitrogen and oxygen atoms in total. The molecule has 0 spiro atoms. The molecule has 232 valence electrons.